The van der Waals surface area contributed by atoms with Crippen molar-refractivity contribution in [2.45, 2.75) is 33.1 Å². The highest BCUT2D eigenvalue weighted by Gasteiger charge is 2.13. The topological polar surface area (TPSA) is 56.3 Å². The summed E-state index contributed by atoms with van der Waals surface area (Å²) in [4.78, 5) is 7.84. The molecule has 0 saturated carbocycles. The van der Waals surface area contributed by atoms with Crippen molar-refractivity contribution in [2.24, 2.45) is 0 Å². The highest BCUT2D eigenvalue weighted by Crippen LogP contribution is 2.32. The monoisotopic (exact) mass is 309 g/mol. The molecule has 22 heavy (non-hydrogen) atoms. The Labute approximate surface area is 127 Å². The first kappa shape index (κ1) is 15.9. The number of aromatic nitrogens is 2. The molecule has 118 valence electrons. The van der Waals surface area contributed by atoms with Gasteiger partial charge in [-0.2, -0.15) is 8.78 Å². The van der Waals surface area contributed by atoms with Crippen molar-refractivity contribution in [1.82, 2.24) is 9.97 Å². The van der Waals surface area contributed by atoms with Crippen molar-refractivity contribution in [2.75, 3.05) is 5.32 Å². The van der Waals surface area contributed by atoms with Crippen LogP contribution in [0.2, 0.25) is 0 Å². The second-order valence-corrected chi connectivity index (χ2v) is 4.81. The summed E-state index contributed by atoms with van der Waals surface area (Å²) in [5.41, 5.74) is 1.63. The summed E-state index contributed by atoms with van der Waals surface area (Å²) in [5, 5.41) is 3.15. The number of ether oxygens (including phenoxy) is 2. The minimum absolute atomic E-state index is 0.0114. The van der Waals surface area contributed by atoms with Gasteiger partial charge in [0.2, 0.25) is 0 Å². The summed E-state index contributed by atoms with van der Waals surface area (Å²) in [6.07, 6.45) is 4.69. The van der Waals surface area contributed by atoms with E-state index in [1.54, 1.807) is 24.5 Å². The summed E-state index contributed by atoms with van der Waals surface area (Å²) in [6.45, 7) is 1.24. The van der Waals surface area contributed by atoms with E-state index in [0.29, 0.717) is 6.54 Å². The van der Waals surface area contributed by atoms with Crippen LogP contribution >= 0.6 is 0 Å². The maximum Gasteiger partial charge on any atom is 0.387 e. The second-order valence-electron chi connectivity index (χ2n) is 4.81. The molecule has 2 rings (SSSR count). The molecule has 0 radical (unpaired) electrons. The second kappa shape index (κ2) is 7.53. The summed E-state index contributed by atoms with van der Waals surface area (Å²) < 4.78 is 34.8. The Morgan fingerprint density at radius 1 is 1.09 bits per heavy atom. The summed E-state index contributed by atoms with van der Waals surface area (Å²) in [6, 6.07) is 4.73. The average molecular weight is 309 g/mol. The van der Waals surface area contributed by atoms with Gasteiger partial charge in [-0.05, 0) is 26.0 Å². The molecular weight excluding hydrogens is 292 g/mol. The van der Waals surface area contributed by atoms with E-state index >= 15 is 0 Å². The molecule has 0 aliphatic carbocycles. The van der Waals surface area contributed by atoms with Crippen molar-refractivity contribution in [3.8, 4) is 11.5 Å². The van der Waals surface area contributed by atoms with Gasteiger partial charge < -0.3 is 14.8 Å². The Balaban J connectivity index is 2.11. The minimum atomic E-state index is -2.89. The van der Waals surface area contributed by atoms with Crippen molar-refractivity contribution in [1.29, 1.82) is 0 Å². The summed E-state index contributed by atoms with van der Waals surface area (Å²) in [5.74, 6) is 0.280. The van der Waals surface area contributed by atoms with E-state index in [2.05, 4.69) is 20.0 Å². The molecule has 0 saturated heterocycles. The lowest BCUT2D eigenvalue weighted by atomic mass is 10.2. The number of hydrogen-bond donors (Lipinski definition) is 1. The normalized spacial score (nSPS) is 10.8. The highest BCUT2D eigenvalue weighted by atomic mass is 19.3. The summed E-state index contributed by atoms with van der Waals surface area (Å²) in [7, 11) is 0. The quantitative estimate of drug-likeness (QED) is 0.848. The molecule has 0 atom stereocenters. The van der Waals surface area contributed by atoms with Gasteiger partial charge in [0, 0.05) is 36.3 Å². The van der Waals surface area contributed by atoms with E-state index < -0.39 is 6.61 Å². The van der Waals surface area contributed by atoms with Crippen LogP contribution < -0.4 is 14.8 Å². The first-order valence-electron chi connectivity index (χ1n) is 6.78. The van der Waals surface area contributed by atoms with Crippen molar-refractivity contribution in [3.05, 3.63) is 42.5 Å². The SMILES string of the molecule is CC(C)Oc1cc(NCc2cncnc2)ccc1OC(F)F. The standard InChI is InChI=1S/C15H17F2N3O2/c1-10(2)21-14-5-12(3-4-13(14)22-15(16)17)20-8-11-6-18-9-19-7-11/h3-7,9-10,15,20H,8H2,1-2H3. The van der Waals surface area contributed by atoms with Gasteiger partial charge in [-0.3, -0.25) is 0 Å². The Bertz CT molecular complexity index is 595. The number of benzene rings is 1. The number of alkyl halides is 2. The van der Waals surface area contributed by atoms with Crippen LogP contribution in [-0.2, 0) is 6.54 Å². The zero-order valence-electron chi connectivity index (χ0n) is 12.3. The maximum absolute atomic E-state index is 12.4. The lowest BCUT2D eigenvalue weighted by molar-refractivity contribution is -0.0518. The van der Waals surface area contributed by atoms with Gasteiger partial charge in [0.25, 0.3) is 0 Å². The van der Waals surface area contributed by atoms with Crippen LogP contribution in [0, 0.1) is 0 Å². The van der Waals surface area contributed by atoms with Crippen LogP contribution in [0.4, 0.5) is 14.5 Å². The Hall–Kier alpha value is -2.44. The third-order valence-electron chi connectivity index (χ3n) is 2.63. The van der Waals surface area contributed by atoms with Crippen LogP contribution in [0.15, 0.2) is 36.9 Å². The Morgan fingerprint density at radius 3 is 2.45 bits per heavy atom. The van der Waals surface area contributed by atoms with Crippen molar-refractivity contribution >= 4 is 5.69 Å². The fourth-order valence-electron chi connectivity index (χ4n) is 1.78. The van der Waals surface area contributed by atoms with E-state index in [9.17, 15) is 8.78 Å². The van der Waals surface area contributed by atoms with Crippen LogP contribution in [0.1, 0.15) is 19.4 Å². The molecule has 0 spiro atoms. The van der Waals surface area contributed by atoms with Gasteiger partial charge in [-0.1, -0.05) is 0 Å². The lowest BCUT2D eigenvalue weighted by Gasteiger charge is -2.16. The fraction of sp³-hybridized carbons (Fsp3) is 0.333. The van der Waals surface area contributed by atoms with Gasteiger partial charge in [0.15, 0.2) is 11.5 Å². The molecule has 0 unspecified atom stereocenters. The van der Waals surface area contributed by atoms with E-state index in [-0.39, 0.29) is 17.6 Å². The van der Waals surface area contributed by atoms with Gasteiger partial charge in [-0.15, -0.1) is 0 Å². The van der Waals surface area contributed by atoms with Crippen LogP contribution in [0.3, 0.4) is 0 Å². The van der Waals surface area contributed by atoms with Crippen molar-refractivity contribution < 1.29 is 18.3 Å². The van der Waals surface area contributed by atoms with Gasteiger partial charge in [0.05, 0.1) is 6.10 Å². The van der Waals surface area contributed by atoms with E-state index in [1.807, 2.05) is 13.8 Å². The molecule has 7 heteroatoms. The van der Waals surface area contributed by atoms with Crippen LogP contribution in [0.25, 0.3) is 0 Å². The van der Waals surface area contributed by atoms with Gasteiger partial charge in [0.1, 0.15) is 6.33 Å². The predicted molar refractivity (Wildman–Crippen MR) is 78.2 cm³/mol. The maximum atomic E-state index is 12.4. The molecule has 2 aromatic rings. The van der Waals surface area contributed by atoms with E-state index in [0.717, 1.165) is 11.3 Å². The van der Waals surface area contributed by atoms with E-state index in [1.165, 1.54) is 12.4 Å². The zero-order valence-corrected chi connectivity index (χ0v) is 12.3. The number of rotatable bonds is 7. The predicted octanol–water partition coefficient (Wildman–Crippen LogP) is 3.48. The first-order chi connectivity index (χ1) is 10.5. The molecule has 0 amide bonds. The number of nitrogens with one attached hydrogen (secondary N) is 1. The summed E-state index contributed by atoms with van der Waals surface area (Å²) >= 11 is 0. The van der Waals surface area contributed by atoms with Crippen LogP contribution in [0.5, 0.6) is 11.5 Å². The number of nitrogens with zero attached hydrogens (tertiary/aromatic N) is 2. The van der Waals surface area contributed by atoms with Gasteiger partial charge >= 0.3 is 6.61 Å². The fourth-order valence-corrected chi connectivity index (χ4v) is 1.78. The minimum Gasteiger partial charge on any atom is -0.487 e. The Morgan fingerprint density at radius 2 is 1.82 bits per heavy atom. The molecule has 0 aliphatic rings. The number of hydrogen-bond acceptors (Lipinski definition) is 5. The molecule has 0 fully saturated rings. The first-order valence-corrected chi connectivity index (χ1v) is 6.78. The average Bonchev–Trinajstić information content (AvgIpc) is 2.47. The van der Waals surface area contributed by atoms with Crippen molar-refractivity contribution in [3.63, 3.8) is 0 Å². The molecule has 1 aromatic heterocycles. The third-order valence-corrected chi connectivity index (χ3v) is 2.63. The number of halogens is 2. The highest BCUT2D eigenvalue weighted by molar-refractivity contribution is 5.55. The molecule has 0 bridgehead atoms. The van der Waals surface area contributed by atoms with E-state index in [4.69, 9.17) is 4.74 Å². The number of anilines is 1. The molecule has 0 aliphatic heterocycles. The van der Waals surface area contributed by atoms with Crippen LogP contribution in [-0.4, -0.2) is 22.7 Å². The third kappa shape index (κ3) is 4.83. The van der Waals surface area contributed by atoms with Gasteiger partial charge in [-0.25, -0.2) is 9.97 Å². The molecule has 1 heterocycles. The zero-order chi connectivity index (χ0) is 15.9. The Kier molecular flexibility index (Phi) is 5.46. The molecule has 1 N–H and O–H groups in total. The molecule has 5 nitrogen and oxygen atoms in total. The molecular formula is C15H17F2N3O2. The largest absolute Gasteiger partial charge is 0.487 e. The smallest absolute Gasteiger partial charge is 0.387 e. The molecule has 1 aromatic carbocycles. The lowest BCUT2D eigenvalue weighted by Crippen LogP contribution is -2.10.